The number of ether oxygens (including phenoxy) is 1. The molecule has 0 bridgehead atoms. The lowest BCUT2D eigenvalue weighted by atomic mass is 9.68. The van der Waals surface area contributed by atoms with Gasteiger partial charge in [0, 0.05) is 5.92 Å². The molecule has 0 radical (unpaired) electrons. The monoisotopic (exact) mass is 298 g/mol. The quantitative estimate of drug-likeness (QED) is 0.878. The van der Waals surface area contributed by atoms with E-state index in [1.165, 1.54) is 11.1 Å². The Morgan fingerprint density at radius 1 is 1.05 bits per heavy atom. The molecule has 0 unspecified atom stereocenters. The van der Waals surface area contributed by atoms with Crippen molar-refractivity contribution in [2.24, 2.45) is 11.8 Å². The van der Waals surface area contributed by atoms with Crippen molar-refractivity contribution >= 4 is 0 Å². The van der Waals surface area contributed by atoms with Crippen molar-refractivity contribution in [2.45, 2.75) is 26.2 Å². The Kier molecular flexibility index (Phi) is 3.73. The van der Waals surface area contributed by atoms with Gasteiger partial charge in [0.05, 0.1) is 7.11 Å². The van der Waals surface area contributed by atoms with E-state index in [1.54, 1.807) is 19.2 Å². The maximum absolute atomic E-state index is 10.2. The topological polar surface area (TPSA) is 49.7 Å². The molecule has 3 nitrogen and oxygen atoms in total. The molecule has 0 fully saturated rings. The molecule has 116 valence electrons. The van der Waals surface area contributed by atoms with Crippen molar-refractivity contribution in [2.75, 3.05) is 7.11 Å². The van der Waals surface area contributed by atoms with Crippen molar-refractivity contribution in [3.8, 4) is 17.2 Å². The highest BCUT2D eigenvalue weighted by atomic mass is 16.5. The molecule has 2 aromatic carbocycles. The van der Waals surface area contributed by atoms with Gasteiger partial charge in [0.1, 0.15) is 5.75 Å². The second-order valence-corrected chi connectivity index (χ2v) is 6.33. The first-order valence-electron chi connectivity index (χ1n) is 7.70. The van der Waals surface area contributed by atoms with E-state index in [-0.39, 0.29) is 17.4 Å². The zero-order chi connectivity index (χ0) is 15.9. The molecule has 0 saturated carbocycles. The summed E-state index contributed by atoms with van der Waals surface area (Å²) in [4.78, 5) is 0. The Labute approximate surface area is 131 Å². The molecule has 22 heavy (non-hydrogen) atoms. The summed E-state index contributed by atoms with van der Waals surface area (Å²) in [7, 11) is 1.58. The molecule has 0 aromatic heterocycles. The molecule has 3 rings (SSSR count). The smallest absolute Gasteiger partial charge is 0.160 e. The van der Waals surface area contributed by atoms with E-state index in [9.17, 15) is 10.2 Å². The zero-order valence-electron chi connectivity index (χ0n) is 13.2. The van der Waals surface area contributed by atoms with Gasteiger partial charge in [0.2, 0.25) is 0 Å². The average molecular weight is 298 g/mol. The maximum atomic E-state index is 10.2. The fraction of sp³-hybridized carbons (Fsp3) is 0.368. The summed E-state index contributed by atoms with van der Waals surface area (Å²) in [6.07, 6.45) is 0.988. The number of phenolic OH excluding ortho intramolecular Hbond substituents is 2. The summed E-state index contributed by atoms with van der Waals surface area (Å²) in [5.74, 6) is 2.22. The van der Waals surface area contributed by atoms with Crippen molar-refractivity contribution in [1.29, 1.82) is 0 Å². The van der Waals surface area contributed by atoms with E-state index < -0.39 is 0 Å². The first kappa shape index (κ1) is 14.8. The number of fused-ring (bicyclic) bond motifs is 1. The second-order valence-electron chi connectivity index (χ2n) is 6.33. The van der Waals surface area contributed by atoms with Crippen LogP contribution in [0.1, 0.15) is 36.5 Å². The summed E-state index contributed by atoms with van der Waals surface area (Å²) in [6, 6.07) is 11.2. The molecule has 0 amide bonds. The van der Waals surface area contributed by atoms with Gasteiger partial charge in [-0.3, -0.25) is 0 Å². The third-order valence-electron chi connectivity index (χ3n) is 4.99. The Morgan fingerprint density at radius 3 is 2.36 bits per heavy atom. The molecule has 3 heteroatoms. The van der Waals surface area contributed by atoms with Gasteiger partial charge in [-0.05, 0) is 59.2 Å². The second kappa shape index (κ2) is 5.56. The summed E-state index contributed by atoms with van der Waals surface area (Å²) in [5, 5.41) is 19.7. The number of rotatable bonds is 2. The highest BCUT2D eigenvalue weighted by molar-refractivity contribution is 5.52. The van der Waals surface area contributed by atoms with Crippen LogP contribution >= 0.6 is 0 Å². The molecule has 0 aliphatic heterocycles. The summed E-state index contributed by atoms with van der Waals surface area (Å²) < 4.78 is 5.25. The lowest BCUT2D eigenvalue weighted by Gasteiger charge is -2.37. The molecular weight excluding hydrogens is 276 g/mol. The van der Waals surface area contributed by atoms with Crippen molar-refractivity contribution in [3.05, 3.63) is 53.1 Å². The first-order valence-corrected chi connectivity index (χ1v) is 7.70. The molecular formula is C19H22O3. The summed E-state index contributed by atoms with van der Waals surface area (Å²) in [5.41, 5.74) is 3.57. The Hall–Kier alpha value is -2.16. The van der Waals surface area contributed by atoms with Crippen LogP contribution in [-0.4, -0.2) is 17.3 Å². The van der Waals surface area contributed by atoms with Crippen LogP contribution in [0.3, 0.4) is 0 Å². The Bertz CT molecular complexity index is 676. The van der Waals surface area contributed by atoms with Gasteiger partial charge >= 0.3 is 0 Å². The standard InChI is InChI=1S/C19H22O3/c1-11-8-14-9-18(22-3)17(21)10-16(14)19(12(11)2)13-4-6-15(20)7-5-13/h4-7,9-12,19-21H,8H2,1-3H3/t11-,12-,19+/m1/s1. The molecule has 0 spiro atoms. The van der Waals surface area contributed by atoms with Crippen molar-refractivity contribution < 1.29 is 14.9 Å². The normalized spacial score (nSPS) is 23.9. The van der Waals surface area contributed by atoms with Gasteiger partial charge in [-0.15, -0.1) is 0 Å². The summed E-state index contributed by atoms with van der Waals surface area (Å²) in [6.45, 7) is 4.52. The van der Waals surface area contributed by atoms with Gasteiger partial charge < -0.3 is 14.9 Å². The van der Waals surface area contributed by atoms with E-state index in [0.717, 1.165) is 12.0 Å². The van der Waals surface area contributed by atoms with Gasteiger partial charge in [0.25, 0.3) is 0 Å². The Balaban J connectivity index is 2.14. The van der Waals surface area contributed by atoms with Crippen LogP contribution in [0, 0.1) is 11.8 Å². The fourth-order valence-electron chi connectivity index (χ4n) is 3.57. The number of benzene rings is 2. The zero-order valence-corrected chi connectivity index (χ0v) is 13.2. The maximum Gasteiger partial charge on any atom is 0.160 e. The van der Waals surface area contributed by atoms with E-state index in [0.29, 0.717) is 17.6 Å². The van der Waals surface area contributed by atoms with E-state index in [2.05, 4.69) is 13.8 Å². The van der Waals surface area contributed by atoms with E-state index in [1.807, 2.05) is 24.3 Å². The average Bonchev–Trinajstić information content (AvgIpc) is 2.50. The van der Waals surface area contributed by atoms with Gasteiger partial charge in [-0.2, -0.15) is 0 Å². The third kappa shape index (κ3) is 2.41. The van der Waals surface area contributed by atoms with Crippen LogP contribution in [0.5, 0.6) is 17.2 Å². The van der Waals surface area contributed by atoms with Crippen LogP contribution < -0.4 is 4.74 Å². The molecule has 0 heterocycles. The Morgan fingerprint density at radius 2 is 1.73 bits per heavy atom. The van der Waals surface area contributed by atoms with Crippen LogP contribution in [0.2, 0.25) is 0 Å². The molecule has 2 aromatic rings. The number of methoxy groups -OCH3 is 1. The predicted octanol–water partition coefficient (Wildman–Crippen LogP) is 4.07. The SMILES string of the molecule is COc1cc2c(cc1O)[C@H](c1ccc(O)cc1)[C@H](C)[C@H](C)C2. The highest BCUT2D eigenvalue weighted by Crippen LogP contribution is 2.46. The fourth-order valence-corrected chi connectivity index (χ4v) is 3.57. The number of hydrogen-bond donors (Lipinski definition) is 2. The minimum absolute atomic E-state index is 0.187. The molecule has 1 aliphatic rings. The van der Waals surface area contributed by atoms with Crippen LogP contribution in [0.4, 0.5) is 0 Å². The van der Waals surface area contributed by atoms with Crippen molar-refractivity contribution in [3.63, 3.8) is 0 Å². The third-order valence-corrected chi connectivity index (χ3v) is 4.99. The molecule has 3 atom stereocenters. The van der Waals surface area contributed by atoms with Crippen molar-refractivity contribution in [1.82, 2.24) is 0 Å². The van der Waals surface area contributed by atoms with Gasteiger partial charge in [0.15, 0.2) is 11.5 Å². The number of phenols is 2. The minimum Gasteiger partial charge on any atom is -0.508 e. The first-order chi connectivity index (χ1) is 10.5. The largest absolute Gasteiger partial charge is 0.508 e. The lowest BCUT2D eigenvalue weighted by molar-refractivity contribution is 0.320. The van der Waals surface area contributed by atoms with E-state index >= 15 is 0 Å². The molecule has 1 aliphatic carbocycles. The number of aromatic hydroxyl groups is 2. The van der Waals surface area contributed by atoms with Crippen LogP contribution in [-0.2, 0) is 6.42 Å². The molecule has 2 N–H and O–H groups in total. The van der Waals surface area contributed by atoms with E-state index in [4.69, 9.17) is 4.74 Å². The molecule has 0 saturated heterocycles. The van der Waals surface area contributed by atoms with Gasteiger partial charge in [-0.1, -0.05) is 26.0 Å². The van der Waals surface area contributed by atoms with Crippen LogP contribution in [0.15, 0.2) is 36.4 Å². The minimum atomic E-state index is 0.187. The number of hydrogen-bond acceptors (Lipinski definition) is 3. The highest BCUT2D eigenvalue weighted by Gasteiger charge is 2.33. The summed E-state index contributed by atoms with van der Waals surface area (Å²) >= 11 is 0. The van der Waals surface area contributed by atoms with Gasteiger partial charge in [-0.25, -0.2) is 0 Å². The predicted molar refractivity (Wildman–Crippen MR) is 86.6 cm³/mol. The van der Waals surface area contributed by atoms with Crippen LogP contribution in [0.25, 0.3) is 0 Å². The lowest BCUT2D eigenvalue weighted by Crippen LogP contribution is -2.26.